The van der Waals surface area contributed by atoms with Gasteiger partial charge < -0.3 is 25.0 Å². The highest BCUT2D eigenvalue weighted by molar-refractivity contribution is 5.92. The first-order valence-electron chi connectivity index (χ1n) is 11.2. The van der Waals surface area contributed by atoms with Gasteiger partial charge in [0.1, 0.15) is 23.0 Å². The highest BCUT2D eigenvalue weighted by Crippen LogP contribution is 2.31. The molecule has 172 valence electrons. The van der Waals surface area contributed by atoms with Crippen molar-refractivity contribution in [2.75, 3.05) is 43.6 Å². The first-order valence-corrected chi connectivity index (χ1v) is 11.2. The molecule has 0 unspecified atom stereocenters. The maximum atomic E-state index is 11.9. The number of nitrogens with zero attached hydrogens (tertiary/aromatic N) is 3. The lowest BCUT2D eigenvalue weighted by Crippen LogP contribution is -2.36. The number of hydrogen-bond donors (Lipinski definition) is 2. The molecular weight excluding hydrogens is 430 g/mol. The smallest absolute Gasteiger partial charge is 0.269 e. The summed E-state index contributed by atoms with van der Waals surface area (Å²) in [5.74, 6) is 1.66. The molecule has 2 aromatic heterocycles. The summed E-state index contributed by atoms with van der Waals surface area (Å²) in [6.45, 7) is 3.36. The van der Waals surface area contributed by atoms with Crippen molar-refractivity contribution in [1.29, 1.82) is 0 Å². The molecule has 1 amide bonds. The molecule has 2 aromatic carbocycles. The van der Waals surface area contributed by atoms with Crippen molar-refractivity contribution in [3.05, 3.63) is 78.6 Å². The van der Waals surface area contributed by atoms with Gasteiger partial charge in [0.25, 0.3) is 5.91 Å². The normalized spacial score (nSPS) is 13.5. The van der Waals surface area contributed by atoms with Crippen LogP contribution in [0.4, 0.5) is 17.2 Å². The van der Waals surface area contributed by atoms with E-state index in [-0.39, 0.29) is 5.91 Å². The average molecular weight is 456 g/mol. The third-order valence-electron chi connectivity index (χ3n) is 5.63. The van der Waals surface area contributed by atoms with Crippen molar-refractivity contribution in [3.8, 4) is 11.5 Å². The molecule has 0 radical (unpaired) electrons. The van der Waals surface area contributed by atoms with Crippen molar-refractivity contribution >= 4 is 34.0 Å². The van der Waals surface area contributed by atoms with Crippen LogP contribution in [0.25, 0.3) is 10.9 Å². The summed E-state index contributed by atoms with van der Waals surface area (Å²) in [7, 11) is 1.57. The maximum Gasteiger partial charge on any atom is 0.269 e. The van der Waals surface area contributed by atoms with Crippen LogP contribution in [0.5, 0.6) is 11.5 Å². The second kappa shape index (κ2) is 9.76. The van der Waals surface area contributed by atoms with Crippen LogP contribution in [0.1, 0.15) is 10.5 Å². The van der Waals surface area contributed by atoms with Gasteiger partial charge >= 0.3 is 0 Å². The molecule has 1 saturated heterocycles. The first-order chi connectivity index (χ1) is 16.7. The van der Waals surface area contributed by atoms with Gasteiger partial charge in [-0.15, -0.1) is 0 Å². The van der Waals surface area contributed by atoms with E-state index in [1.54, 1.807) is 25.4 Å². The summed E-state index contributed by atoms with van der Waals surface area (Å²) in [4.78, 5) is 23.0. The molecule has 34 heavy (non-hydrogen) atoms. The molecule has 1 fully saturated rings. The lowest BCUT2D eigenvalue weighted by Gasteiger charge is -2.28. The molecule has 1 aliphatic heterocycles. The van der Waals surface area contributed by atoms with Gasteiger partial charge in [0, 0.05) is 49.2 Å². The number of amides is 1. The monoisotopic (exact) mass is 455 g/mol. The maximum absolute atomic E-state index is 11.9. The van der Waals surface area contributed by atoms with Crippen molar-refractivity contribution in [3.63, 3.8) is 0 Å². The number of nitrogens with one attached hydrogen (secondary N) is 2. The molecule has 8 nitrogen and oxygen atoms in total. The number of pyridine rings is 2. The zero-order valence-corrected chi connectivity index (χ0v) is 18.8. The van der Waals surface area contributed by atoms with E-state index in [1.807, 2.05) is 30.3 Å². The van der Waals surface area contributed by atoms with Gasteiger partial charge in [-0.1, -0.05) is 6.07 Å². The standard InChI is InChI=1S/C26H25N5O3/c1-27-26(32)23-17-20(11-12-28-23)34-24-4-2-3-22-21(24)9-10-25(30-22)29-18-5-7-19(8-6-18)31-13-15-33-16-14-31/h2-12,17H,13-16H2,1H3,(H,27,32)(H,29,30). The number of morpholine rings is 1. The fourth-order valence-corrected chi connectivity index (χ4v) is 3.86. The molecule has 0 saturated carbocycles. The topological polar surface area (TPSA) is 88.6 Å². The molecule has 5 rings (SSSR count). The number of ether oxygens (including phenoxy) is 2. The first kappa shape index (κ1) is 21.7. The Morgan fingerprint density at radius 3 is 2.65 bits per heavy atom. The summed E-state index contributed by atoms with van der Waals surface area (Å²) in [6.07, 6.45) is 1.55. The van der Waals surface area contributed by atoms with Gasteiger partial charge in [0.2, 0.25) is 0 Å². The lowest BCUT2D eigenvalue weighted by molar-refractivity contribution is 0.0958. The molecular formula is C26H25N5O3. The number of benzene rings is 2. The van der Waals surface area contributed by atoms with E-state index in [2.05, 4.69) is 44.8 Å². The van der Waals surface area contributed by atoms with Crippen LogP contribution in [0.3, 0.4) is 0 Å². The third kappa shape index (κ3) is 4.77. The Labute approximate surface area is 197 Å². The van der Waals surface area contributed by atoms with Crippen LogP contribution < -0.4 is 20.3 Å². The van der Waals surface area contributed by atoms with Gasteiger partial charge in [0.15, 0.2) is 0 Å². The van der Waals surface area contributed by atoms with Crippen molar-refractivity contribution in [2.24, 2.45) is 0 Å². The quantitative estimate of drug-likeness (QED) is 0.447. The van der Waals surface area contributed by atoms with Crippen molar-refractivity contribution < 1.29 is 14.3 Å². The predicted molar refractivity (Wildman–Crippen MR) is 132 cm³/mol. The average Bonchev–Trinajstić information content (AvgIpc) is 2.89. The zero-order valence-electron chi connectivity index (χ0n) is 18.8. The zero-order chi connectivity index (χ0) is 23.3. The van der Waals surface area contributed by atoms with E-state index >= 15 is 0 Å². The Hall–Kier alpha value is -4.17. The Bertz CT molecular complexity index is 1300. The van der Waals surface area contributed by atoms with Crippen LogP contribution >= 0.6 is 0 Å². The van der Waals surface area contributed by atoms with Gasteiger partial charge in [-0.3, -0.25) is 9.78 Å². The number of carbonyl (C=O) groups is 1. The highest BCUT2D eigenvalue weighted by atomic mass is 16.5. The molecule has 0 atom stereocenters. The van der Waals surface area contributed by atoms with Crippen molar-refractivity contribution in [2.45, 2.75) is 0 Å². The molecule has 0 aliphatic carbocycles. The van der Waals surface area contributed by atoms with E-state index in [9.17, 15) is 4.79 Å². The van der Waals surface area contributed by atoms with E-state index in [1.165, 1.54) is 5.69 Å². The predicted octanol–water partition coefficient (Wildman–Crippen LogP) is 4.36. The summed E-state index contributed by atoms with van der Waals surface area (Å²) < 4.78 is 11.5. The summed E-state index contributed by atoms with van der Waals surface area (Å²) in [5.41, 5.74) is 3.25. The molecule has 3 heterocycles. The molecule has 0 bridgehead atoms. The Balaban J connectivity index is 1.33. The Morgan fingerprint density at radius 1 is 1.03 bits per heavy atom. The largest absolute Gasteiger partial charge is 0.457 e. The Morgan fingerprint density at radius 2 is 1.85 bits per heavy atom. The minimum Gasteiger partial charge on any atom is -0.457 e. The van der Waals surface area contributed by atoms with E-state index in [0.717, 1.165) is 48.7 Å². The second-order valence-corrected chi connectivity index (χ2v) is 7.85. The summed E-state index contributed by atoms with van der Waals surface area (Å²) >= 11 is 0. The molecule has 0 spiro atoms. The fraction of sp³-hybridized carbons (Fsp3) is 0.192. The molecule has 8 heteroatoms. The van der Waals surface area contributed by atoms with Gasteiger partial charge in [-0.05, 0) is 54.6 Å². The number of rotatable bonds is 6. The molecule has 1 aliphatic rings. The number of carbonyl (C=O) groups excluding carboxylic acids is 1. The SMILES string of the molecule is CNC(=O)c1cc(Oc2cccc3nc(Nc4ccc(N5CCOCC5)cc4)ccc23)ccn1. The Kier molecular flexibility index (Phi) is 6.22. The summed E-state index contributed by atoms with van der Waals surface area (Å²) in [5, 5.41) is 6.81. The second-order valence-electron chi connectivity index (χ2n) is 7.85. The summed E-state index contributed by atoms with van der Waals surface area (Å²) in [6, 6.07) is 21.3. The number of fused-ring (bicyclic) bond motifs is 1. The van der Waals surface area contributed by atoms with E-state index in [0.29, 0.717) is 17.2 Å². The molecule has 2 N–H and O–H groups in total. The minimum atomic E-state index is -0.265. The van der Waals surface area contributed by atoms with Gasteiger partial charge in [-0.25, -0.2) is 4.98 Å². The lowest BCUT2D eigenvalue weighted by atomic mass is 10.2. The van der Waals surface area contributed by atoms with Crippen LogP contribution in [-0.4, -0.2) is 49.2 Å². The van der Waals surface area contributed by atoms with E-state index < -0.39 is 0 Å². The van der Waals surface area contributed by atoms with Crippen LogP contribution in [0, 0.1) is 0 Å². The van der Waals surface area contributed by atoms with Gasteiger partial charge in [-0.2, -0.15) is 0 Å². The third-order valence-corrected chi connectivity index (χ3v) is 5.63. The molecule has 4 aromatic rings. The fourth-order valence-electron chi connectivity index (χ4n) is 3.86. The van der Waals surface area contributed by atoms with E-state index in [4.69, 9.17) is 14.5 Å². The minimum absolute atomic E-state index is 0.265. The van der Waals surface area contributed by atoms with Crippen LogP contribution in [0.2, 0.25) is 0 Å². The van der Waals surface area contributed by atoms with Crippen LogP contribution in [0.15, 0.2) is 72.9 Å². The number of anilines is 3. The number of aromatic nitrogens is 2. The van der Waals surface area contributed by atoms with Crippen molar-refractivity contribution in [1.82, 2.24) is 15.3 Å². The van der Waals surface area contributed by atoms with Gasteiger partial charge in [0.05, 0.1) is 18.7 Å². The van der Waals surface area contributed by atoms with Crippen LogP contribution in [-0.2, 0) is 4.74 Å². The highest BCUT2D eigenvalue weighted by Gasteiger charge is 2.12. The number of hydrogen-bond acceptors (Lipinski definition) is 7.